The summed E-state index contributed by atoms with van der Waals surface area (Å²) in [6.45, 7) is 1.80. The first-order valence-electron chi connectivity index (χ1n) is 6.10. The fourth-order valence-corrected chi connectivity index (χ4v) is 3.12. The van der Waals surface area contributed by atoms with Crippen LogP contribution in [0.25, 0.3) is 0 Å². The molecule has 0 aliphatic carbocycles. The molecule has 1 aromatic heterocycles. The van der Waals surface area contributed by atoms with Gasteiger partial charge in [0.05, 0.1) is 7.11 Å². The number of aromatic nitrogens is 2. The summed E-state index contributed by atoms with van der Waals surface area (Å²) >= 11 is 2.98. The Morgan fingerprint density at radius 1 is 1.35 bits per heavy atom. The number of hydrogen-bond acceptors (Lipinski definition) is 6. The van der Waals surface area contributed by atoms with Gasteiger partial charge in [-0.05, 0) is 17.7 Å². The third-order valence-corrected chi connectivity index (χ3v) is 4.54. The summed E-state index contributed by atoms with van der Waals surface area (Å²) in [4.78, 5) is 11.2. The molecule has 1 aromatic carbocycles. The van der Waals surface area contributed by atoms with E-state index in [0.29, 0.717) is 11.6 Å². The average molecular weight is 309 g/mol. The third kappa shape index (κ3) is 4.21. The van der Waals surface area contributed by atoms with Gasteiger partial charge < -0.3 is 10.1 Å². The minimum absolute atomic E-state index is 0.0483. The number of carbonyl (C=O) groups excluding carboxylic acids is 1. The normalized spacial score (nSPS) is 10.3. The van der Waals surface area contributed by atoms with Crippen molar-refractivity contribution in [3.63, 3.8) is 0 Å². The molecule has 0 radical (unpaired) electrons. The van der Waals surface area contributed by atoms with Crippen molar-refractivity contribution in [2.75, 3.05) is 12.4 Å². The fourth-order valence-electron chi connectivity index (χ4n) is 1.39. The molecule has 0 saturated heterocycles. The summed E-state index contributed by atoms with van der Waals surface area (Å²) in [5, 5.41) is 11.2. The molecule has 0 aliphatic heterocycles. The van der Waals surface area contributed by atoms with E-state index in [-0.39, 0.29) is 5.91 Å². The Morgan fingerprint density at radius 2 is 2.10 bits per heavy atom. The third-order valence-electron chi connectivity index (χ3n) is 2.50. The van der Waals surface area contributed by atoms with Gasteiger partial charge in [0.15, 0.2) is 4.34 Å². The molecule has 1 N–H and O–H groups in total. The number of nitrogens with one attached hydrogen (secondary N) is 1. The van der Waals surface area contributed by atoms with Gasteiger partial charge in [0.2, 0.25) is 11.0 Å². The maximum Gasteiger partial charge on any atom is 0.225 e. The fraction of sp³-hybridized carbons (Fsp3) is 0.308. The van der Waals surface area contributed by atoms with Crippen molar-refractivity contribution >= 4 is 34.1 Å². The summed E-state index contributed by atoms with van der Waals surface area (Å²) in [6.07, 6.45) is 0.438. The van der Waals surface area contributed by atoms with Crippen LogP contribution in [0.4, 0.5) is 5.13 Å². The van der Waals surface area contributed by atoms with Gasteiger partial charge in [-0.2, -0.15) is 0 Å². The Morgan fingerprint density at radius 3 is 2.75 bits per heavy atom. The molecule has 0 bridgehead atoms. The molecule has 106 valence electrons. The van der Waals surface area contributed by atoms with Gasteiger partial charge in [0.1, 0.15) is 5.75 Å². The number of amides is 1. The molecule has 0 unspecified atom stereocenters. The largest absolute Gasteiger partial charge is 0.497 e. The standard InChI is InChI=1S/C13H15N3O2S2/c1-3-11(17)14-12-15-16-13(20-12)19-8-9-4-6-10(18-2)7-5-9/h4-7H,3,8H2,1-2H3,(H,14,15,17). The zero-order valence-electron chi connectivity index (χ0n) is 11.3. The number of ether oxygens (including phenoxy) is 1. The van der Waals surface area contributed by atoms with E-state index in [1.165, 1.54) is 16.9 Å². The van der Waals surface area contributed by atoms with E-state index in [9.17, 15) is 4.79 Å². The molecular weight excluding hydrogens is 294 g/mol. The number of benzene rings is 1. The summed E-state index contributed by atoms with van der Waals surface area (Å²) < 4.78 is 5.96. The van der Waals surface area contributed by atoms with E-state index >= 15 is 0 Å². The molecule has 20 heavy (non-hydrogen) atoms. The van der Waals surface area contributed by atoms with E-state index in [1.54, 1.807) is 25.8 Å². The first-order valence-corrected chi connectivity index (χ1v) is 7.90. The van der Waals surface area contributed by atoms with Gasteiger partial charge >= 0.3 is 0 Å². The van der Waals surface area contributed by atoms with Crippen molar-refractivity contribution in [2.24, 2.45) is 0 Å². The molecule has 7 heteroatoms. The topological polar surface area (TPSA) is 64.1 Å². The lowest BCUT2D eigenvalue weighted by atomic mass is 10.2. The highest BCUT2D eigenvalue weighted by atomic mass is 32.2. The highest BCUT2D eigenvalue weighted by Gasteiger charge is 2.07. The monoisotopic (exact) mass is 309 g/mol. The van der Waals surface area contributed by atoms with Crippen LogP contribution in [0.1, 0.15) is 18.9 Å². The quantitative estimate of drug-likeness (QED) is 0.656. The van der Waals surface area contributed by atoms with E-state index in [4.69, 9.17) is 4.74 Å². The minimum atomic E-state index is -0.0483. The SMILES string of the molecule is CCC(=O)Nc1nnc(SCc2ccc(OC)cc2)s1. The average Bonchev–Trinajstić information content (AvgIpc) is 2.93. The number of nitrogens with zero attached hydrogens (tertiary/aromatic N) is 2. The van der Waals surface area contributed by atoms with Gasteiger partial charge in [-0.3, -0.25) is 4.79 Å². The van der Waals surface area contributed by atoms with Crippen molar-refractivity contribution in [2.45, 2.75) is 23.4 Å². The molecule has 0 fully saturated rings. The van der Waals surface area contributed by atoms with Crippen molar-refractivity contribution in [3.8, 4) is 5.75 Å². The molecule has 5 nitrogen and oxygen atoms in total. The Bertz CT molecular complexity index is 569. The lowest BCUT2D eigenvalue weighted by Crippen LogP contribution is -2.08. The second kappa shape index (κ2) is 7.25. The molecule has 2 rings (SSSR count). The Kier molecular flexibility index (Phi) is 5.37. The van der Waals surface area contributed by atoms with E-state index in [2.05, 4.69) is 15.5 Å². The van der Waals surface area contributed by atoms with Gasteiger partial charge in [-0.25, -0.2) is 0 Å². The zero-order chi connectivity index (χ0) is 14.4. The zero-order valence-corrected chi connectivity index (χ0v) is 12.9. The summed E-state index contributed by atoms with van der Waals surface area (Å²) in [5.41, 5.74) is 1.19. The highest BCUT2D eigenvalue weighted by Crippen LogP contribution is 2.28. The molecule has 1 heterocycles. The maximum absolute atomic E-state index is 11.2. The van der Waals surface area contributed by atoms with Gasteiger partial charge in [-0.1, -0.05) is 42.2 Å². The van der Waals surface area contributed by atoms with Crippen LogP contribution in [0.15, 0.2) is 28.6 Å². The summed E-state index contributed by atoms with van der Waals surface area (Å²) in [6, 6.07) is 7.91. The van der Waals surface area contributed by atoms with Crippen LogP contribution in [0.3, 0.4) is 0 Å². The Balaban J connectivity index is 1.88. The van der Waals surface area contributed by atoms with E-state index in [0.717, 1.165) is 15.8 Å². The molecule has 2 aromatic rings. The molecule has 1 amide bonds. The number of carbonyl (C=O) groups is 1. The maximum atomic E-state index is 11.2. The van der Waals surface area contributed by atoms with Crippen LogP contribution in [-0.4, -0.2) is 23.2 Å². The van der Waals surface area contributed by atoms with Crippen molar-refractivity contribution in [1.82, 2.24) is 10.2 Å². The van der Waals surface area contributed by atoms with Crippen LogP contribution >= 0.6 is 23.1 Å². The second-order valence-electron chi connectivity index (χ2n) is 3.91. The van der Waals surface area contributed by atoms with Gasteiger partial charge in [-0.15, -0.1) is 10.2 Å². The molecule has 0 atom stereocenters. The van der Waals surface area contributed by atoms with Crippen LogP contribution in [-0.2, 0) is 10.5 Å². The molecular formula is C13H15N3O2S2. The smallest absolute Gasteiger partial charge is 0.225 e. The van der Waals surface area contributed by atoms with Crippen LogP contribution in [0, 0.1) is 0 Å². The van der Waals surface area contributed by atoms with Crippen LogP contribution < -0.4 is 10.1 Å². The predicted molar refractivity (Wildman–Crippen MR) is 81.4 cm³/mol. The number of rotatable bonds is 6. The first-order chi connectivity index (χ1) is 9.71. The van der Waals surface area contributed by atoms with Crippen LogP contribution in [0.2, 0.25) is 0 Å². The van der Waals surface area contributed by atoms with Gasteiger partial charge in [0, 0.05) is 12.2 Å². The van der Waals surface area contributed by atoms with Crippen molar-refractivity contribution < 1.29 is 9.53 Å². The summed E-state index contributed by atoms with van der Waals surface area (Å²) in [7, 11) is 1.65. The second-order valence-corrected chi connectivity index (χ2v) is 6.11. The Labute approximate surface area is 125 Å². The van der Waals surface area contributed by atoms with Crippen LogP contribution in [0.5, 0.6) is 5.75 Å². The number of thioether (sulfide) groups is 1. The molecule has 0 spiro atoms. The number of methoxy groups -OCH3 is 1. The lowest BCUT2D eigenvalue weighted by Gasteiger charge is -2.01. The molecule has 0 aliphatic rings. The first kappa shape index (κ1) is 14.8. The van der Waals surface area contributed by atoms with Crippen molar-refractivity contribution in [3.05, 3.63) is 29.8 Å². The van der Waals surface area contributed by atoms with Crippen molar-refractivity contribution in [1.29, 1.82) is 0 Å². The van der Waals surface area contributed by atoms with E-state index in [1.807, 2.05) is 24.3 Å². The number of anilines is 1. The van der Waals surface area contributed by atoms with E-state index < -0.39 is 0 Å². The summed E-state index contributed by atoms with van der Waals surface area (Å²) in [5.74, 6) is 1.60. The highest BCUT2D eigenvalue weighted by molar-refractivity contribution is 8.00. The van der Waals surface area contributed by atoms with Gasteiger partial charge in [0.25, 0.3) is 0 Å². The Hall–Kier alpha value is -1.60. The number of hydrogen-bond donors (Lipinski definition) is 1. The lowest BCUT2D eigenvalue weighted by molar-refractivity contribution is -0.115. The minimum Gasteiger partial charge on any atom is -0.497 e. The predicted octanol–water partition coefficient (Wildman–Crippen LogP) is 3.19. The molecule has 0 saturated carbocycles.